The molecule has 0 aliphatic rings. The molecule has 180 valence electrons. The highest BCUT2D eigenvalue weighted by atomic mass is 16.2. The van der Waals surface area contributed by atoms with Crippen molar-refractivity contribution in [2.24, 2.45) is 0 Å². The molecule has 0 saturated carbocycles. The molecule has 0 fully saturated rings. The van der Waals surface area contributed by atoms with Crippen molar-refractivity contribution >= 4 is 0 Å². The fourth-order valence-corrected chi connectivity index (χ4v) is 3.87. The average molecular weight is 431 g/mol. The Bertz CT molecular complexity index is 445. The molecule has 0 aromatic carbocycles. The van der Waals surface area contributed by atoms with E-state index in [0.29, 0.717) is 6.61 Å². The van der Waals surface area contributed by atoms with Gasteiger partial charge in [0.25, 0.3) is 0 Å². The van der Waals surface area contributed by atoms with Crippen molar-refractivity contribution in [1.82, 2.24) is 0 Å². The summed E-state index contributed by atoms with van der Waals surface area (Å²) < 4.78 is 0. The predicted molar refractivity (Wildman–Crippen MR) is 139 cm³/mol. The molecular formula is C30H54O. The summed E-state index contributed by atoms with van der Waals surface area (Å²) in [7, 11) is 0. The van der Waals surface area contributed by atoms with Crippen molar-refractivity contribution in [1.29, 1.82) is 0 Å². The quantitative estimate of drug-likeness (QED) is 0.134. The first kappa shape index (κ1) is 30.1. The van der Waals surface area contributed by atoms with E-state index in [2.05, 4.69) is 30.6 Å². The summed E-state index contributed by atoms with van der Waals surface area (Å²) in [5, 5.41) is 8.74. The largest absolute Gasteiger partial charge is 0.396 e. The van der Waals surface area contributed by atoms with Crippen LogP contribution in [0.1, 0.15) is 161 Å². The van der Waals surface area contributed by atoms with E-state index < -0.39 is 0 Å². The summed E-state index contributed by atoms with van der Waals surface area (Å²) in [6, 6.07) is 0. The minimum atomic E-state index is 0.356. The first-order chi connectivity index (χ1) is 15.4. The fourth-order valence-electron chi connectivity index (χ4n) is 3.87. The Hall–Kier alpha value is -0.920. The Balaban J connectivity index is 3.19. The van der Waals surface area contributed by atoms with E-state index in [9.17, 15) is 0 Å². The molecule has 0 aliphatic heterocycles. The van der Waals surface area contributed by atoms with Gasteiger partial charge in [-0.15, -0.1) is 23.7 Å². The monoisotopic (exact) mass is 430 g/mol. The molecule has 0 bridgehead atoms. The standard InChI is InChI=1S/C30H54O/c1-2-3-4-5-6-7-8-9-10-11-12-13-14-15-16-17-18-19-20-21-22-23-24-25-26-27-28-29-30-31/h31H,2-11,14-17,20-30H2,1H3. The molecular weight excluding hydrogens is 376 g/mol. The Morgan fingerprint density at radius 1 is 0.355 bits per heavy atom. The van der Waals surface area contributed by atoms with Crippen LogP contribution in [0.15, 0.2) is 0 Å². The molecule has 0 aromatic rings. The Morgan fingerprint density at radius 3 is 0.935 bits per heavy atom. The summed E-state index contributed by atoms with van der Waals surface area (Å²) in [4.78, 5) is 0. The lowest BCUT2D eigenvalue weighted by Gasteiger charge is -2.00. The highest BCUT2D eigenvalue weighted by Crippen LogP contribution is 2.11. The van der Waals surface area contributed by atoms with Crippen LogP contribution in [0.4, 0.5) is 0 Å². The van der Waals surface area contributed by atoms with E-state index in [1.165, 1.54) is 122 Å². The third kappa shape index (κ3) is 29.1. The summed E-state index contributed by atoms with van der Waals surface area (Å²) in [5.41, 5.74) is 0. The lowest BCUT2D eigenvalue weighted by molar-refractivity contribution is 0.282. The van der Waals surface area contributed by atoms with Gasteiger partial charge in [-0.2, -0.15) is 0 Å². The SMILES string of the molecule is CCCCCCCCCCCC#CCCCCC#CCCCCCCCCCCCO. The Morgan fingerprint density at radius 2 is 0.613 bits per heavy atom. The second kappa shape index (κ2) is 29.1. The molecule has 0 aliphatic carbocycles. The second-order valence-corrected chi connectivity index (χ2v) is 9.15. The zero-order valence-electron chi connectivity index (χ0n) is 21.1. The number of unbranched alkanes of at least 4 members (excludes halogenated alkanes) is 21. The number of aliphatic hydroxyl groups excluding tert-OH is 1. The van der Waals surface area contributed by atoms with Gasteiger partial charge in [0.15, 0.2) is 0 Å². The summed E-state index contributed by atoms with van der Waals surface area (Å²) in [5.74, 6) is 13.4. The van der Waals surface area contributed by atoms with Gasteiger partial charge in [-0.1, -0.05) is 103 Å². The van der Waals surface area contributed by atoms with Gasteiger partial charge < -0.3 is 5.11 Å². The van der Waals surface area contributed by atoms with Crippen LogP contribution in [0.25, 0.3) is 0 Å². The molecule has 0 heterocycles. The topological polar surface area (TPSA) is 20.2 Å². The number of rotatable bonds is 22. The summed E-state index contributed by atoms with van der Waals surface area (Å²) >= 11 is 0. The lowest BCUT2D eigenvalue weighted by Crippen LogP contribution is -1.84. The van der Waals surface area contributed by atoms with Crippen LogP contribution in [-0.4, -0.2) is 11.7 Å². The first-order valence-electron chi connectivity index (χ1n) is 13.9. The molecule has 0 atom stereocenters. The maximum atomic E-state index is 8.74. The van der Waals surface area contributed by atoms with E-state index in [4.69, 9.17) is 5.11 Å². The zero-order chi connectivity index (χ0) is 22.5. The molecule has 1 heteroatoms. The van der Waals surface area contributed by atoms with Crippen molar-refractivity contribution in [2.75, 3.05) is 6.61 Å². The molecule has 0 saturated heterocycles. The van der Waals surface area contributed by atoms with E-state index in [0.717, 1.165) is 32.1 Å². The van der Waals surface area contributed by atoms with Crippen LogP contribution >= 0.6 is 0 Å². The second-order valence-electron chi connectivity index (χ2n) is 9.15. The fraction of sp³-hybridized carbons (Fsp3) is 0.867. The third-order valence-corrected chi connectivity index (χ3v) is 5.97. The molecule has 1 nitrogen and oxygen atoms in total. The number of aliphatic hydroxyl groups is 1. The van der Waals surface area contributed by atoms with Crippen LogP contribution in [-0.2, 0) is 0 Å². The average Bonchev–Trinajstić information content (AvgIpc) is 2.78. The van der Waals surface area contributed by atoms with Crippen molar-refractivity contribution in [3.05, 3.63) is 0 Å². The molecule has 0 amide bonds. The number of hydrogen-bond acceptors (Lipinski definition) is 1. The normalized spacial score (nSPS) is 10.4. The number of hydrogen-bond donors (Lipinski definition) is 1. The van der Waals surface area contributed by atoms with Crippen molar-refractivity contribution in [3.8, 4) is 23.7 Å². The molecule has 31 heavy (non-hydrogen) atoms. The van der Waals surface area contributed by atoms with E-state index in [-0.39, 0.29) is 0 Å². The van der Waals surface area contributed by atoms with Crippen LogP contribution in [0.2, 0.25) is 0 Å². The van der Waals surface area contributed by atoms with Crippen molar-refractivity contribution in [3.63, 3.8) is 0 Å². The first-order valence-corrected chi connectivity index (χ1v) is 13.9. The molecule has 0 unspecified atom stereocenters. The van der Waals surface area contributed by atoms with Gasteiger partial charge in [-0.3, -0.25) is 0 Å². The molecule has 0 radical (unpaired) electrons. The van der Waals surface area contributed by atoms with Gasteiger partial charge in [-0.25, -0.2) is 0 Å². The molecule has 1 N–H and O–H groups in total. The van der Waals surface area contributed by atoms with Crippen molar-refractivity contribution < 1.29 is 5.11 Å². The van der Waals surface area contributed by atoms with E-state index in [1.54, 1.807) is 0 Å². The summed E-state index contributed by atoms with van der Waals surface area (Å²) in [6.07, 6.45) is 30.7. The lowest BCUT2D eigenvalue weighted by atomic mass is 10.1. The van der Waals surface area contributed by atoms with Gasteiger partial charge in [0, 0.05) is 32.3 Å². The third-order valence-electron chi connectivity index (χ3n) is 5.97. The minimum absolute atomic E-state index is 0.356. The maximum absolute atomic E-state index is 8.74. The minimum Gasteiger partial charge on any atom is -0.396 e. The van der Waals surface area contributed by atoms with Gasteiger partial charge >= 0.3 is 0 Å². The molecule has 0 rings (SSSR count). The Kier molecular flexibility index (Phi) is 28.2. The van der Waals surface area contributed by atoms with Gasteiger partial charge in [0.05, 0.1) is 0 Å². The van der Waals surface area contributed by atoms with E-state index >= 15 is 0 Å². The van der Waals surface area contributed by atoms with Crippen LogP contribution in [0, 0.1) is 23.7 Å². The van der Waals surface area contributed by atoms with E-state index in [1.807, 2.05) is 0 Å². The van der Waals surface area contributed by atoms with Crippen LogP contribution in [0.5, 0.6) is 0 Å². The predicted octanol–water partition coefficient (Wildman–Crippen LogP) is 9.37. The van der Waals surface area contributed by atoms with Gasteiger partial charge in [0.1, 0.15) is 0 Å². The van der Waals surface area contributed by atoms with Gasteiger partial charge in [0.2, 0.25) is 0 Å². The van der Waals surface area contributed by atoms with Crippen LogP contribution < -0.4 is 0 Å². The smallest absolute Gasteiger partial charge is 0.0431 e. The molecule has 0 aromatic heterocycles. The molecule has 0 spiro atoms. The van der Waals surface area contributed by atoms with Crippen molar-refractivity contribution in [2.45, 2.75) is 161 Å². The Labute approximate surface area is 196 Å². The maximum Gasteiger partial charge on any atom is 0.0431 e. The van der Waals surface area contributed by atoms with Gasteiger partial charge in [-0.05, 0) is 32.1 Å². The highest BCUT2D eigenvalue weighted by molar-refractivity contribution is 5.00. The van der Waals surface area contributed by atoms with Crippen LogP contribution in [0.3, 0.4) is 0 Å². The summed E-state index contributed by atoms with van der Waals surface area (Å²) in [6.45, 7) is 2.64. The highest BCUT2D eigenvalue weighted by Gasteiger charge is 1.93. The zero-order valence-corrected chi connectivity index (χ0v) is 21.1.